The summed E-state index contributed by atoms with van der Waals surface area (Å²) in [6.45, 7) is 0. The van der Waals surface area contributed by atoms with Gasteiger partial charge in [0.25, 0.3) is 0 Å². The largest absolute Gasteiger partial charge is 0.741 e. The van der Waals surface area contributed by atoms with E-state index in [1.165, 1.54) is 11.5 Å². The van der Waals surface area contributed by atoms with Crippen molar-refractivity contribution in [2.75, 3.05) is 6.26 Å². The van der Waals surface area contributed by atoms with Gasteiger partial charge < -0.3 is 4.55 Å². The molecule has 0 spiro atoms. The van der Waals surface area contributed by atoms with Crippen molar-refractivity contribution in [3.63, 3.8) is 0 Å². The van der Waals surface area contributed by atoms with Gasteiger partial charge in [-0.15, -0.1) is 22.7 Å². The molecule has 2 heterocycles. The first kappa shape index (κ1) is 16.4. The molecule has 0 atom stereocenters. The van der Waals surface area contributed by atoms with Crippen LogP contribution in [-0.4, -0.2) is 24.7 Å². The molecule has 0 fully saturated rings. The highest BCUT2D eigenvalue weighted by molar-refractivity contribution is 7.95. The smallest absolute Gasteiger partial charge is 0.485 e. The zero-order valence-corrected chi connectivity index (χ0v) is 12.9. The molecule has 0 radical (unpaired) electrons. The Morgan fingerprint density at radius 1 is 1.28 bits per heavy atom. The average Bonchev–Trinajstić information content (AvgIpc) is 2.56. The van der Waals surface area contributed by atoms with Crippen molar-refractivity contribution >= 4 is 55.9 Å². The minimum atomic E-state index is -6.09. The molecule has 1 aliphatic rings. The molecule has 0 saturated heterocycles. The van der Waals surface area contributed by atoms with Crippen LogP contribution in [0.2, 0.25) is 0 Å². The molecule has 1 aromatic heterocycles. The first-order valence-electron chi connectivity index (χ1n) is 4.23. The second kappa shape index (κ2) is 5.75. The van der Waals surface area contributed by atoms with E-state index in [9.17, 15) is 13.2 Å². The fourth-order valence-electron chi connectivity index (χ4n) is 1.05. The lowest BCUT2D eigenvalue weighted by atomic mass is 10.5. The molecule has 3 nitrogen and oxygen atoms in total. The number of alkyl halides is 3. The molecule has 1 aromatic rings. The molecule has 11 heteroatoms. The van der Waals surface area contributed by atoms with Gasteiger partial charge in [-0.25, -0.2) is 8.42 Å². The predicted octanol–water partition coefficient (Wildman–Crippen LogP) is 2.85. The van der Waals surface area contributed by atoms with E-state index in [-0.39, 0.29) is 0 Å². The van der Waals surface area contributed by atoms with Crippen molar-refractivity contribution in [3.05, 3.63) is 12.9 Å². The minimum Gasteiger partial charge on any atom is -0.741 e. The van der Waals surface area contributed by atoms with Crippen LogP contribution in [0.5, 0.6) is 0 Å². The van der Waals surface area contributed by atoms with Gasteiger partial charge in [-0.3, -0.25) is 0 Å². The van der Waals surface area contributed by atoms with Crippen LogP contribution in [0.3, 0.4) is 0 Å². The van der Waals surface area contributed by atoms with Crippen LogP contribution < -0.4 is 0 Å². The topological polar surface area (TPSA) is 57.2 Å². The van der Waals surface area contributed by atoms with Gasteiger partial charge in [0.15, 0.2) is 10.1 Å². The van der Waals surface area contributed by atoms with Crippen LogP contribution in [0, 0.1) is 3.14 Å². The van der Waals surface area contributed by atoms with E-state index in [4.69, 9.17) is 25.2 Å². The van der Waals surface area contributed by atoms with Crippen LogP contribution in [0.1, 0.15) is 9.75 Å². The van der Waals surface area contributed by atoms with Crippen LogP contribution in [-0.2, 0) is 32.5 Å². The number of fused-ring (bicyclic) bond motifs is 1. The molecule has 0 N–H and O–H groups in total. The van der Waals surface area contributed by atoms with Crippen molar-refractivity contribution < 1.29 is 26.1 Å². The molecule has 0 saturated carbocycles. The Morgan fingerprint density at radius 3 is 1.89 bits per heavy atom. The third-order valence-electron chi connectivity index (χ3n) is 1.76. The zero-order valence-electron chi connectivity index (χ0n) is 8.81. The van der Waals surface area contributed by atoms with E-state index >= 15 is 0 Å². The molecule has 2 rings (SSSR count). The Labute approximate surface area is 118 Å². The fourth-order valence-corrected chi connectivity index (χ4v) is 6.66. The van der Waals surface area contributed by atoms with Crippen molar-refractivity contribution in [2.45, 2.75) is 17.0 Å². The molecule has 1 aliphatic heterocycles. The second-order valence-corrected chi connectivity index (χ2v) is 10.2. The molecule has 0 aromatic carbocycles. The minimum absolute atomic E-state index is 0.628. The normalized spacial score (nSPS) is 16.1. The van der Waals surface area contributed by atoms with Gasteiger partial charge in [-0.2, -0.15) is 13.2 Å². The number of hydrogen-bond donors (Lipinski definition) is 0. The lowest BCUT2D eigenvalue weighted by molar-refractivity contribution is -0.0517. The molecule has 0 bridgehead atoms. The Balaban J connectivity index is 0.000000187. The Bertz CT molecular complexity index is 543. The molecule has 0 unspecified atom stereocenters. The monoisotopic (exact) mass is 356 g/mol. The summed E-state index contributed by atoms with van der Waals surface area (Å²) in [5, 5.41) is 0. The van der Waals surface area contributed by atoms with Crippen molar-refractivity contribution in [1.29, 1.82) is 0 Å². The van der Waals surface area contributed by atoms with E-state index in [1.54, 1.807) is 9.75 Å². The standard InChI is InChI=1S/C6H7S4.CHF3O3S/c1-10-2-4-5(3-10)9-6(7)8-4;2-1(3,4)8(5,6)7/h2-3H2,1H3;(H,5,6,7)/q+1;/p-1. The van der Waals surface area contributed by atoms with E-state index in [0.29, 0.717) is 10.9 Å². The van der Waals surface area contributed by atoms with Gasteiger partial charge in [0.05, 0.1) is 16.0 Å². The quantitative estimate of drug-likeness (QED) is 0.310. The summed E-state index contributed by atoms with van der Waals surface area (Å²) in [5.41, 5.74) is -5.65. The van der Waals surface area contributed by atoms with Crippen molar-refractivity contribution in [1.82, 2.24) is 0 Å². The van der Waals surface area contributed by atoms with Gasteiger partial charge in [0, 0.05) is 0 Å². The molecule has 0 aliphatic carbocycles. The number of rotatable bonds is 0. The summed E-state index contributed by atoms with van der Waals surface area (Å²) in [6.07, 6.45) is 2.34. The number of halogens is 3. The van der Waals surface area contributed by atoms with E-state index in [1.807, 2.05) is 22.7 Å². The van der Waals surface area contributed by atoms with Crippen LogP contribution in [0.15, 0.2) is 0 Å². The summed E-state index contributed by atoms with van der Waals surface area (Å²) >= 11 is 8.74. The Hall–Kier alpha value is 0.320. The first-order valence-corrected chi connectivity index (χ1v) is 9.66. The molecular formula is C7H7F3O3S5. The lowest BCUT2D eigenvalue weighted by Crippen LogP contribution is -2.21. The second-order valence-electron chi connectivity index (χ2n) is 3.27. The highest BCUT2D eigenvalue weighted by Gasteiger charge is 2.36. The zero-order chi connectivity index (χ0) is 14.1. The molecule has 0 amide bonds. The van der Waals surface area contributed by atoms with Crippen LogP contribution in [0.25, 0.3) is 0 Å². The van der Waals surface area contributed by atoms with Crippen LogP contribution in [0.4, 0.5) is 13.2 Å². The van der Waals surface area contributed by atoms with Gasteiger partial charge in [-0.1, -0.05) is 12.2 Å². The van der Waals surface area contributed by atoms with E-state index < -0.39 is 15.6 Å². The molecule has 104 valence electrons. The Morgan fingerprint density at radius 2 is 1.61 bits per heavy atom. The summed E-state index contributed by atoms with van der Waals surface area (Å²) < 4.78 is 60.0. The van der Waals surface area contributed by atoms with Crippen molar-refractivity contribution in [2.24, 2.45) is 0 Å². The highest BCUT2D eigenvalue weighted by Crippen LogP contribution is 2.34. The van der Waals surface area contributed by atoms with E-state index in [0.717, 1.165) is 3.14 Å². The van der Waals surface area contributed by atoms with Crippen molar-refractivity contribution in [3.8, 4) is 0 Å². The maximum Gasteiger partial charge on any atom is 0.485 e. The highest BCUT2D eigenvalue weighted by atomic mass is 32.2. The average molecular weight is 356 g/mol. The van der Waals surface area contributed by atoms with Gasteiger partial charge in [0.1, 0.15) is 14.6 Å². The van der Waals surface area contributed by atoms with Gasteiger partial charge in [-0.05, 0) is 10.9 Å². The Kier molecular flexibility index (Phi) is 5.23. The number of hydrogen-bond acceptors (Lipinski definition) is 6. The maximum absolute atomic E-state index is 10.7. The summed E-state index contributed by atoms with van der Waals surface area (Å²) in [7, 11) is -5.46. The summed E-state index contributed by atoms with van der Waals surface area (Å²) in [4.78, 5) is 3.14. The predicted molar refractivity (Wildman–Crippen MR) is 69.5 cm³/mol. The summed E-state index contributed by atoms with van der Waals surface area (Å²) in [6, 6.07) is 0. The van der Waals surface area contributed by atoms with Gasteiger partial charge in [0.2, 0.25) is 0 Å². The third-order valence-corrected chi connectivity index (χ3v) is 6.99. The molecule has 18 heavy (non-hydrogen) atoms. The fraction of sp³-hybridized carbons (Fsp3) is 0.571. The lowest BCUT2D eigenvalue weighted by Gasteiger charge is -2.08. The first-order chi connectivity index (χ1) is 8.00. The molecular weight excluding hydrogens is 349 g/mol. The van der Waals surface area contributed by atoms with Gasteiger partial charge >= 0.3 is 5.51 Å². The third kappa shape index (κ3) is 4.46. The van der Waals surface area contributed by atoms with E-state index in [2.05, 4.69) is 6.26 Å². The van der Waals surface area contributed by atoms with Crippen LogP contribution >= 0.6 is 34.9 Å². The SMILES string of the molecule is C[S+]1Cc2sc(=S)sc2C1.O=S(=O)([O-])C(F)(F)F. The maximum atomic E-state index is 10.7. The summed E-state index contributed by atoms with van der Waals surface area (Å²) in [5.74, 6) is 2.60.